The van der Waals surface area contributed by atoms with Gasteiger partial charge in [0, 0.05) is 44.0 Å². The summed E-state index contributed by atoms with van der Waals surface area (Å²) in [5.41, 5.74) is 15.4. The van der Waals surface area contributed by atoms with Crippen molar-refractivity contribution in [1.82, 2.24) is 4.57 Å². The molecule has 0 saturated carbocycles. The van der Waals surface area contributed by atoms with Crippen LogP contribution in [0.2, 0.25) is 0 Å². The highest BCUT2D eigenvalue weighted by molar-refractivity contribution is 6.19. The summed E-state index contributed by atoms with van der Waals surface area (Å²) >= 11 is 0. The number of furan rings is 1. The predicted molar refractivity (Wildman–Crippen MR) is 274 cm³/mol. The van der Waals surface area contributed by atoms with Crippen molar-refractivity contribution < 1.29 is 4.42 Å². The minimum atomic E-state index is 0.849. The highest BCUT2D eigenvalue weighted by Gasteiger charge is 2.21. The quantitative estimate of drug-likeness (QED) is 0.160. The monoisotopic (exact) mass is 828 g/mol. The van der Waals surface area contributed by atoms with Gasteiger partial charge < -0.3 is 13.9 Å². The molecule has 0 unspecified atom stereocenters. The van der Waals surface area contributed by atoms with E-state index in [1.807, 2.05) is 0 Å². The van der Waals surface area contributed by atoms with Crippen molar-refractivity contribution in [3.8, 4) is 39.1 Å². The molecule has 0 radical (unpaired) electrons. The summed E-state index contributed by atoms with van der Waals surface area (Å²) in [5.74, 6) is 0. The van der Waals surface area contributed by atoms with Crippen LogP contribution in [0, 0.1) is 0 Å². The second-order valence-electron chi connectivity index (χ2n) is 16.9. The van der Waals surface area contributed by atoms with Gasteiger partial charge in [-0.15, -0.1) is 0 Å². The van der Waals surface area contributed by atoms with Gasteiger partial charge in [0.1, 0.15) is 5.58 Å². The zero-order valence-corrected chi connectivity index (χ0v) is 35.4. The summed E-state index contributed by atoms with van der Waals surface area (Å²) in [4.78, 5) is 2.33. The van der Waals surface area contributed by atoms with E-state index in [2.05, 4.69) is 252 Å². The summed E-state index contributed by atoms with van der Waals surface area (Å²) in [7, 11) is 0. The van der Waals surface area contributed by atoms with Crippen molar-refractivity contribution in [2.45, 2.75) is 0 Å². The Balaban J connectivity index is 0.955. The van der Waals surface area contributed by atoms with Crippen molar-refractivity contribution in [3.05, 3.63) is 243 Å². The molecule has 0 N–H and O–H groups in total. The second kappa shape index (κ2) is 15.0. The Labute approximate surface area is 376 Å². The number of benzene rings is 11. The third kappa shape index (κ3) is 6.12. The SMILES string of the molecule is c1ccc(-c2ccc3oc4c(N(c5ccc(-c6ccc7c8ccc9ccccc9c8n(-c8ccccc8)c7c6)cc5)c5ccc(-c6cccc7ccccc67)cc5)cccc4c3c2)cc1. The van der Waals surface area contributed by atoms with Gasteiger partial charge in [0.15, 0.2) is 5.58 Å². The van der Waals surface area contributed by atoms with Crippen LogP contribution in [-0.4, -0.2) is 4.57 Å². The third-order valence-corrected chi connectivity index (χ3v) is 13.2. The number of hydrogen-bond donors (Lipinski definition) is 0. The molecule has 0 bridgehead atoms. The minimum absolute atomic E-state index is 0.849. The first kappa shape index (κ1) is 36.9. The molecular weight excluding hydrogens is 789 g/mol. The average molecular weight is 829 g/mol. The van der Waals surface area contributed by atoms with Gasteiger partial charge in [-0.2, -0.15) is 0 Å². The molecule has 0 aliphatic rings. The Morgan fingerprint density at radius 3 is 1.69 bits per heavy atom. The zero-order chi connectivity index (χ0) is 42.8. The van der Waals surface area contributed by atoms with Crippen molar-refractivity contribution in [2.75, 3.05) is 4.90 Å². The highest BCUT2D eigenvalue weighted by Crippen LogP contribution is 2.45. The molecule has 3 nitrogen and oxygen atoms in total. The number of nitrogens with zero attached hydrogens (tertiary/aromatic N) is 2. The first-order chi connectivity index (χ1) is 32.2. The van der Waals surface area contributed by atoms with Crippen molar-refractivity contribution in [2.24, 2.45) is 0 Å². The van der Waals surface area contributed by atoms with Crippen LogP contribution in [0.3, 0.4) is 0 Å². The van der Waals surface area contributed by atoms with Crippen LogP contribution in [0.5, 0.6) is 0 Å². The Morgan fingerprint density at radius 1 is 0.338 bits per heavy atom. The summed E-state index contributed by atoms with van der Waals surface area (Å²) < 4.78 is 9.26. The van der Waals surface area contributed by atoms with Crippen LogP contribution in [0.1, 0.15) is 0 Å². The molecule has 2 aromatic heterocycles. The Hall–Kier alpha value is -8.66. The van der Waals surface area contributed by atoms with E-state index in [0.717, 1.165) is 55.8 Å². The summed E-state index contributed by atoms with van der Waals surface area (Å²) in [6, 6.07) is 87.6. The van der Waals surface area contributed by atoms with Gasteiger partial charge >= 0.3 is 0 Å². The van der Waals surface area contributed by atoms with Gasteiger partial charge in [0.2, 0.25) is 0 Å². The van der Waals surface area contributed by atoms with Crippen molar-refractivity contribution in [1.29, 1.82) is 0 Å². The van der Waals surface area contributed by atoms with E-state index < -0.39 is 0 Å². The molecule has 0 amide bonds. The lowest BCUT2D eigenvalue weighted by atomic mass is 9.98. The maximum Gasteiger partial charge on any atom is 0.159 e. The fourth-order valence-electron chi connectivity index (χ4n) is 10.1. The van der Waals surface area contributed by atoms with Gasteiger partial charge in [-0.1, -0.05) is 182 Å². The minimum Gasteiger partial charge on any atom is -0.454 e. The summed E-state index contributed by atoms with van der Waals surface area (Å²) in [6.07, 6.45) is 0. The molecule has 2 heterocycles. The lowest BCUT2D eigenvalue weighted by molar-refractivity contribution is 0.669. The summed E-state index contributed by atoms with van der Waals surface area (Å²) in [5, 5.41) is 9.63. The molecular formula is C62H40N2O. The predicted octanol–water partition coefficient (Wildman–Crippen LogP) is 17.5. The van der Waals surface area contributed by atoms with Crippen LogP contribution >= 0.6 is 0 Å². The first-order valence-corrected chi connectivity index (χ1v) is 22.2. The smallest absolute Gasteiger partial charge is 0.159 e. The van der Waals surface area contributed by atoms with Gasteiger partial charge in [-0.05, 0) is 110 Å². The molecule has 0 aliphatic heterocycles. The number of fused-ring (bicyclic) bond motifs is 9. The van der Waals surface area contributed by atoms with Crippen LogP contribution in [0.25, 0.3) is 104 Å². The Morgan fingerprint density at radius 2 is 0.908 bits per heavy atom. The number of rotatable bonds is 7. The standard InChI is InChI=1S/C62H40N2O/c1-3-13-41(14-4-1)46-31-38-60-57(39-46)56-23-12-24-58(62(56)65-60)63(50-34-27-45(28-35-50)52-22-11-17-43-15-7-9-20-51(43)52)49-32-25-42(26-33-49)47-30-36-54-55-37-29-44-16-8-10-21-53(44)61(55)64(59(54)40-47)48-18-5-2-6-19-48/h1-40H. The molecule has 0 atom stereocenters. The largest absolute Gasteiger partial charge is 0.454 e. The van der Waals surface area contributed by atoms with Gasteiger partial charge in [-0.3, -0.25) is 0 Å². The molecule has 0 aliphatic carbocycles. The lowest BCUT2D eigenvalue weighted by Gasteiger charge is -2.26. The van der Waals surface area contributed by atoms with Crippen LogP contribution in [0.4, 0.5) is 17.1 Å². The van der Waals surface area contributed by atoms with E-state index in [0.29, 0.717) is 0 Å². The van der Waals surface area contributed by atoms with E-state index in [-0.39, 0.29) is 0 Å². The van der Waals surface area contributed by atoms with Gasteiger partial charge in [-0.25, -0.2) is 0 Å². The third-order valence-electron chi connectivity index (χ3n) is 13.2. The average Bonchev–Trinajstić information content (AvgIpc) is 3.93. The molecule has 304 valence electrons. The van der Waals surface area contributed by atoms with E-state index in [4.69, 9.17) is 4.42 Å². The van der Waals surface area contributed by atoms with E-state index in [1.165, 1.54) is 65.6 Å². The lowest BCUT2D eigenvalue weighted by Crippen LogP contribution is -2.10. The maximum atomic E-state index is 6.83. The van der Waals surface area contributed by atoms with Crippen LogP contribution in [0.15, 0.2) is 247 Å². The van der Waals surface area contributed by atoms with Crippen molar-refractivity contribution in [3.63, 3.8) is 0 Å². The van der Waals surface area contributed by atoms with E-state index in [1.54, 1.807) is 0 Å². The molecule has 3 heteroatoms. The zero-order valence-electron chi connectivity index (χ0n) is 35.4. The topological polar surface area (TPSA) is 21.3 Å². The van der Waals surface area contributed by atoms with Gasteiger partial charge in [0.05, 0.1) is 16.7 Å². The highest BCUT2D eigenvalue weighted by atomic mass is 16.3. The number of para-hydroxylation sites is 2. The molecule has 0 spiro atoms. The number of aromatic nitrogens is 1. The molecule has 13 rings (SSSR count). The maximum absolute atomic E-state index is 6.83. The molecule has 65 heavy (non-hydrogen) atoms. The fraction of sp³-hybridized carbons (Fsp3) is 0. The number of hydrogen-bond acceptors (Lipinski definition) is 2. The Bertz CT molecular complexity index is 3910. The summed E-state index contributed by atoms with van der Waals surface area (Å²) in [6.45, 7) is 0. The van der Waals surface area contributed by atoms with Crippen LogP contribution < -0.4 is 4.90 Å². The normalized spacial score (nSPS) is 11.7. The molecule has 11 aromatic carbocycles. The van der Waals surface area contributed by atoms with Crippen molar-refractivity contribution >= 4 is 82.4 Å². The van der Waals surface area contributed by atoms with E-state index >= 15 is 0 Å². The molecule has 0 saturated heterocycles. The number of anilines is 3. The molecule has 13 aromatic rings. The first-order valence-electron chi connectivity index (χ1n) is 22.2. The van der Waals surface area contributed by atoms with Crippen LogP contribution in [-0.2, 0) is 0 Å². The van der Waals surface area contributed by atoms with Gasteiger partial charge in [0.25, 0.3) is 0 Å². The Kier molecular flexibility index (Phi) is 8.53. The molecule has 0 fully saturated rings. The second-order valence-corrected chi connectivity index (χ2v) is 16.9. The van der Waals surface area contributed by atoms with E-state index in [9.17, 15) is 0 Å². The fourth-order valence-corrected chi connectivity index (χ4v) is 10.1.